The van der Waals surface area contributed by atoms with Gasteiger partial charge in [-0.3, -0.25) is 4.79 Å². The summed E-state index contributed by atoms with van der Waals surface area (Å²) in [6, 6.07) is 10.4. The van der Waals surface area contributed by atoms with Crippen LogP contribution in [0.3, 0.4) is 0 Å². The van der Waals surface area contributed by atoms with Gasteiger partial charge in [0.25, 0.3) is 0 Å². The summed E-state index contributed by atoms with van der Waals surface area (Å²) in [6.07, 6.45) is 1.59. The average molecular weight is 262 g/mol. The van der Waals surface area contributed by atoms with Crippen molar-refractivity contribution in [2.75, 3.05) is 39.3 Å². The van der Waals surface area contributed by atoms with Crippen molar-refractivity contribution < 1.29 is 9.90 Å². The molecule has 1 saturated heterocycles. The fourth-order valence-electron chi connectivity index (χ4n) is 2.42. The number of β-amino-alcohol motifs (C(OH)–C–C–N with tert-alkyl or cyclic N) is 1. The van der Waals surface area contributed by atoms with Crippen molar-refractivity contribution in [2.45, 2.75) is 12.8 Å². The molecule has 2 rings (SSSR count). The third-order valence-corrected chi connectivity index (χ3v) is 3.61. The Kier molecular flexibility index (Phi) is 5.36. The van der Waals surface area contributed by atoms with Crippen LogP contribution in [0.15, 0.2) is 30.3 Å². The first-order valence-electron chi connectivity index (χ1n) is 6.94. The lowest BCUT2D eigenvalue weighted by atomic mass is 10.1. The summed E-state index contributed by atoms with van der Waals surface area (Å²) >= 11 is 0. The lowest BCUT2D eigenvalue weighted by Crippen LogP contribution is -2.35. The van der Waals surface area contributed by atoms with Gasteiger partial charge >= 0.3 is 0 Å². The van der Waals surface area contributed by atoms with Gasteiger partial charge in [-0.05, 0) is 12.0 Å². The number of carbonyl (C=O) groups is 1. The first-order chi connectivity index (χ1) is 9.29. The van der Waals surface area contributed by atoms with Crippen LogP contribution < -0.4 is 0 Å². The second kappa shape index (κ2) is 7.26. The maximum Gasteiger partial charge on any atom is 0.223 e. The Morgan fingerprint density at radius 2 is 1.84 bits per heavy atom. The van der Waals surface area contributed by atoms with E-state index in [2.05, 4.69) is 29.2 Å². The molecular weight excluding hydrogens is 240 g/mol. The normalized spacial score (nSPS) is 17.5. The van der Waals surface area contributed by atoms with Crippen LogP contribution in [-0.2, 0) is 11.2 Å². The molecule has 1 aliphatic rings. The highest BCUT2D eigenvalue weighted by Gasteiger charge is 2.19. The quantitative estimate of drug-likeness (QED) is 0.852. The maximum absolute atomic E-state index is 11.8. The van der Waals surface area contributed by atoms with Gasteiger partial charge in [0.15, 0.2) is 0 Å². The molecule has 104 valence electrons. The van der Waals surface area contributed by atoms with E-state index >= 15 is 0 Å². The summed E-state index contributed by atoms with van der Waals surface area (Å²) in [5.74, 6) is 0.163. The molecule has 19 heavy (non-hydrogen) atoms. The van der Waals surface area contributed by atoms with E-state index in [1.807, 2.05) is 6.07 Å². The van der Waals surface area contributed by atoms with E-state index in [4.69, 9.17) is 5.11 Å². The molecule has 0 unspecified atom stereocenters. The van der Waals surface area contributed by atoms with E-state index in [-0.39, 0.29) is 12.5 Å². The van der Waals surface area contributed by atoms with Crippen molar-refractivity contribution >= 4 is 5.91 Å². The van der Waals surface area contributed by atoms with E-state index in [0.717, 1.165) is 32.6 Å². The second-order valence-corrected chi connectivity index (χ2v) is 4.93. The van der Waals surface area contributed by atoms with Crippen molar-refractivity contribution in [3.05, 3.63) is 35.9 Å². The van der Waals surface area contributed by atoms with Crippen LogP contribution in [0.5, 0.6) is 0 Å². The number of nitrogens with zero attached hydrogens (tertiary/aromatic N) is 2. The van der Waals surface area contributed by atoms with Crippen molar-refractivity contribution in [2.24, 2.45) is 0 Å². The van der Waals surface area contributed by atoms with E-state index in [1.54, 1.807) is 4.90 Å². The number of rotatable bonds is 5. The Labute approximate surface area is 114 Å². The number of carbonyl (C=O) groups excluding carboxylic acids is 1. The highest BCUT2D eigenvalue weighted by atomic mass is 16.3. The van der Waals surface area contributed by atoms with Gasteiger partial charge in [0.1, 0.15) is 0 Å². The summed E-state index contributed by atoms with van der Waals surface area (Å²) in [7, 11) is 0. The third kappa shape index (κ3) is 4.33. The summed E-state index contributed by atoms with van der Waals surface area (Å²) in [5, 5.41) is 8.94. The van der Waals surface area contributed by atoms with Crippen molar-refractivity contribution in [1.29, 1.82) is 0 Å². The molecule has 0 radical (unpaired) electrons. The van der Waals surface area contributed by atoms with Crippen LogP contribution >= 0.6 is 0 Å². The van der Waals surface area contributed by atoms with Crippen LogP contribution in [0, 0.1) is 0 Å². The van der Waals surface area contributed by atoms with Crippen LogP contribution in [0.4, 0.5) is 0 Å². The van der Waals surface area contributed by atoms with Crippen LogP contribution in [-0.4, -0.2) is 60.1 Å². The summed E-state index contributed by atoms with van der Waals surface area (Å²) in [5.41, 5.74) is 1.34. The SMILES string of the molecule is O=C1CCN(CCc2ccccc2)CCN1CCO. The predicted octanol–water partition coefficient (Wildman–Crippen LogP) is 0.756. The summed E-state index contributed by atoms with van der Waals surface area (Å²) < 4.78 is 0. The standard InChI is InChI=1S/C15H22N2O2/c18-13-12-17-11-10-16(9-7-15(17)19)8-6-14-4-2-1-3-5-14/h1-5,18H,6-13H2. The zero-order valence-electron chi connectivity index (χ0n) is 11.3. The Hall–Kier alpha value is -1.39. The van der Waals surface area contributed by atoms with E-state index < -0.39 is 0 Å². The minimum Gasteiger partial charge on any atom is -0.395 e. The Bertz CT molecular complexity index is 394. The Balaban J connectivity index is 1.81. The van der Waals surface area contributed by atoms with Gasteiger partial charge in [0.05, 0.1) is 6.61 Å². The molecule has 1 aromatic rings. The molecule has 1 N–H and O–H groups in total. The molecule has 0 aromatic heterocycles. The molecule has 1 aromatic carbocycles. The van der Waals surface area contributed by atoms with Crippen molar-refractivity contribution in [3.63, 3.8) is 0 Å². The van der Waals surface area contributed by atoms with Crippen molar-refractivity contribution in [1.82, 2.24) is 9.80 Å². The second-order valence-electron chi connectivity index (χ2n) is 4.93. The predicted molar refractivity (Wildman–Crippen MR) is 74.9 cm³/mol. The van der Waals surface area contributed by atoms with E-state index in [0.29, 0.717) is 13.0 Å². The minimum absolute atomic E-state index is 0.0513. The first-order valence-corrected chi connectivity index (χ1v) is 6.94. The zero-order valence-corrected chi connectivity index (χ0v) is 11.3. The van der Waals surface area contributed by atoms with Crippen LogP contribution in [0.1, 0.15) is 12.0 Å². The summed E-state index contributed by atoms with van der Waals surface area (Å²) in [4.78, 5) is 15.9. The Morgan fingerprint density at radius 3 is 2.58 bits per heavy atom. The molecule has 0 saturated carbocycles. The molecule has 1 heterocycles. The number of hydrogen-bond acceptors (Lipinski definition) is 3. The fourth-order valence-corrected chi connectivity index (χ4v) is 2.42. The molecule has 1 aliphatic heterocycles. The van der Waals surface area contributed by atoms with E-state index in [9.17, 15) is 4.79 Å². The molecule has 1 amide bonds. The smallest absolute Gasteiger partial charge is 0.223 e. The highest BCUT2D eigenvalue weighted by molar-refractivity contribution is 5.76. The van der Waals surface area contributed by atoms with Crippen LogP contribution in [0.2, 0.25) is 0 Å². The molecule has 0 bridgehead atoms. The van der Waals surface area contributed by atoms with Gasteiger partial charge in [-0.15, -0.1) is 0 Å². The van der Waals surface area contributed by atoms with E-state index in [1.165, 1.54) is 5.56 Å². The highest BCUT2D eigenvalue weighted by Crippen LogP contribution is 2.07. The van der Waals surface area contributed by atoms with Gasteiger partial charge in [0.2, 0.25) is 5.91 Å². The molecule has 4 heteroatoms. The number of benzene rings is 1. The monoisotopic (exact) mass is 262 g/mol. The molecule has 0 spiro atoms. The van der Waals surface area contributed by atoms with Crippen LogP contribution in [0.25, 0.3) is 0 Å². The fraction of sp³-hybridized carbons (Fsp3) is 0.533. The van der Waals surface area contributed by atoms with Gasteiger partial charge in [-0.1, -0.05) is 30.3 Å². The lowest BCUT2D eigenvalue weighted by molar-refractivity contribution is -0.130. The maximum atomic E-state index is 11.8. The molecule has 0 aliphatic carbocycles. The van der Waals surface area contributed by atoms with Gasteiger partial charge in [-0.25, -0.2) is 0 Å². The van der Waals surface area contributed by atoms with Crippen molar-refractivity contribution in [3.8, 4) is 0 Å². The molecular formula is C15H22N2O2. The first kappa shape index (κ1) is 14.0. The minimum atomic E-state index is 0.0513. The number of amides is 1. The molecule has 0 atom stereocenters. The third-order valence-electron chi connectivity index (χ3n) is 3.61. The number of hydrogen-bond donors (Lipinski definition) is 1. The largest absolute Gasteiger partial charge is 0.395 e. The van der Waals surface area contributed by atoms with Gasteiger partial charge < -0.3 is 14.9 Å². The zero-order chi connectivity index (χ0) is 13.5. The molecule has 1 fully saturated rings. The number of aliphatic hydroxyl groups excluding tert-OH is 1. The lowest BCUT2D eigenvalue weighted by Gasteiger charge is -2.21. The number of aliphatic hydroxyl groups is 1. The summed E-state index contributed by atoms with van der Waals surface area (Å²) in [6.45, 7) is 3.96. The topological polar surface area (TPSA) is 43.8 Å². The average Bonchev–Trinajstić information content (AvgIpc) is 2.62. The Morgan fingerprint density at radius 1 is 1.05 bits per heavy atom. The van der Waals surface area contributed by atoms with Gasteiger partial charge in [-0.2, -0.15) is 0 Å². The van der Waals surface area contributed by atoms with Gasteiger partial charge in [0, 0.05) is 39.1 Å². The molecule has 4 nitrogen and oxygen atoms in total.